The first-order valence-corrected chi connectivity index (χ1v) is 22.2. The van der Waals surface area contributed by atoms with Gasteiger partial charge in [-0.05, 0) is 175 Å². The van der Waals surface area contributed by atoms with Crippen LogP contribution in [0.15, 0.2) is 149 Å². The van der Waals surface area contributed by atoms with Gasteiger partial charge in [-0.25, -0.2) is 0 Å². The first-order chi connectivity index (χ1) is 26.4. The Morgan fingerprint density at radius 3 is 0.945 bits per heavy atom. The Balaban J connectivity index is 1.73. The summed E-state index contributed by atoms with van der Waals surface area (Å²) in [7, 11) is -3.12. The molecule has 1 aliphatic rings. The summed E-state index contributed by atoms with van der Waals surface area (Å²) in [6, 6.07) is 49.1. The van der Waals surface area contributed by atoms with Crippen molar-refractivity contribution in [1.29, 1.82) is 0 Å². The van der Waals surface area contributed by atoms with Crippen LogP contribution in [0.1, 0.15) is 94.5 Å². The third-order valence-corrected chi connectivity index (χ3v) is 18.6. The number of hydrogen-bond acceptors (Lipinski definition) is 0. The van der Waals surface area contributed by atoms with Gasteiger partial charge in [0.05, 0.1) is 0 Å². The van der Waals surface area contributed by atoms with Crippen molar-refractivity contribution in [3.05, 3.63) is 216 Å². The second kappa shape index (κ2) is 15.6. The Kier molecular flexibility index (Phi) is 10.9. The summed E-state index contributed by atoms with van der Waals surface area (Å²) in [5, 5.41) is 6.32. The van der Waals surface area contributed by atoms with Gasteiger partial charge >= 0.3 is 0 Å². The van der Waals surface area contributed by atoms with E-state index in [1.54, 1.807) is 20.8 Å². The molecule has 0 spiro atoms. The molecular weight excluding hydrogens is 677 g/mol. The zero-order valence-electron chi connectivity index (χ0n) is 34.8. The van der Waals surface area contributed by atoms with E-state index in [9.17, 15) is 0 Å². The predicted molar refractivity (Wildman–Crippen MR) is 240 cm³/mol. The summed E-state index contributed by atoms with van der Waals surface area (Å²) < 4.78 is 0. The van der Waals surface area contributed by atoms with Crippen molar-refractivity contribution in [1.82, 2.24) is 0 Å². The fourth-order valence-corrected chi connectivity index (χ4v) is 16.0. The molecule has 0 amide bonds. The molecule has 1 aliphatic carbocycles. The second-order valence-electron chi connectivity index (χ2n) is 16.6. The summed E-state index contributed by atoms with van der Waals surface area (Å²) >= 11 is 0. The average molecular weight is 735 g/mol. The molecule has 55 heavy (non-hydrogen) atoms. The molecule has 0 saturated heterocycles. The van der Waals surface area contributed by atoms with Gasteiger partial charge < -0.3 is 0 Å². The van der Waals surface area contributed by atoms with E-state index in [1.807, 2.05) is 0 Å². The molecule has 278 valence electrons. The van der Waals surface area contributed by atoms with Gasteiger partial charge in [0.25, 0.3) is 0 Å². The van der Waals surface area contributed by atoms with Crippen molar-refractivity contribution >= 4 is 23.6 Å². The van der Waals surface area contributed by atoms with Crippen molar-refractivity contribution in [2.24, 2.45) is 5.92 Å². The predicted octanol–water partition coefficient (Wildman–Crippen LogP) is 11.6. The minimum absolute atomic E-state index is 0.315. The largest absolute Gasteiger partial charge is 0.177 e. The minimum Gasteiger partial charge on any atom is -0.0636 e. The van der Waals surface area contributed by atoms with Gasteiger partial charge in [-0.3, -0.25) is 0 Å². The first-order valence-electron chi connectivity index (χ1n) is 20.2. The monoisotopic (exact) mass is 734 g/mol. The fraction of sp³-hybridized carbons (Fsp3) is 0.259. The lowest BCUT2D eigenvalue weighted by Gasteiger charge is -2.43. The standard InChI is InChI=1S/C54H58Si/c1-35-26-48(32-45-20-14-11-15-21-45)51(29-38(35)4)55(54-43(9)41(7)42(8)44(54)10,52-30-39(5)36(2)27-49(52)33-46-22-16-12-17-23-46)53-31-40(6)37(3)28-50(53)34-47-24-18-13-19-25-47/h11-31,43H,32-34H2,1-10H3. The van der Waals surface area contributed by atoms with Crippen LogP contribution in [-0.2, 0) is 19.3 Å². The lowest BCUT2D eigenvalue weighted by molar-refractivity contribution is 0.851. The summed E-state index contributed by atoms with van der Waals surface area (Å²) in [5.41, 5.74) is 21.1. The highest BCUT2D eigenvalue weighted by molar-refractivity contribution is 7.17. The Labute approximate surface area is 332 Å². The molecule has 0 N–H and O–H groups in total. The third kappa shape index (κ3) is 7.16. The van der Waals surface area contributed by atoms with Gasteiger partial charge in [-0.1, -0.05) is 151 Å². The van der Waals surface area contributed by atoms with Crippen LogP contribution in [0.5, 0.6) is 0 Å². The van der Waals surface area contributed by atoms with Crippen LogP contribution >= 0.6 is 0 Å². The molecule has 7 rings (SSSR count). The summed E-state index contributed by atoms with van der Waals surface area (Å²) in [4.78, 5) is 0. The maximum Gasteiger partial charge on any atom is 0.177 e. The van der Waals surface area contributed by atoms with Crippen molar-refractivity contribution in [3.8, 4) is 0 Å². The first kappa shape index (κ1) is 38.3. The van der Waals surface area contributed by atoms with E-state index in [0.717, 1.165) is 19.3 Å². The van der Waals surface area contributed by atoms with Gasteiger partial charge in [-0.15, -0.1) is 0 Å². The van der Waals surface area contributed by atoms with Crippen LogP contribution in [0.3, 0.4) is 0 Å². The molecule has 0 radical (unpaired) electrons. The molecule has 0 aromatic heterocycles. The Morgan fingerprint density at radius 2 is 0.673 bits per heavy atom. The maximum absolute atomic E-state index is 3.12. The highest BCUT2D eigenvalue weighted by Gasteiger charge is 2.51. The van der Waals surface area contributed by atoms with Crippen molar-refractivity contribution in [2.75, 3.05) is 0 Å². The van der Waals surface area contributed by atoms with Crippen LogP contribution in [0, 0.1) is 47.5 Å². The van der Waals surface area contributed by atoms with E-state index < -0.39 is 8.07 Å². The van der Waals surface area contributed by atoms with Crippen molar-refractivity contribution in [3.63, 3.8) is 0 Å². The Morgan fingerprint density at radius 1 is 0.382 bits per heavy atom. The van der Waals surface area contributed by atoms with Crippen molar-refractivity contribution in [2.45, 2.75) is 88.5 Å². The van der Waals surface area contributed by atoms with E-state index in [2.05, 4.69) is 197 Å². The van der Waals surface area contributed by atoms with E-state index in [0.29, 0.717) is 5.92 Å². The maximum atomic E-state index is 2.65. The Bertz CT molecular complexity index is 2190. The topological polar surface area (TPSA) is 0 Å². The van der Waals surface area contributed by atoms with E-state index in [1.165, 1.54) is 83.5 Å². The number of benzene rings is 6. The van der Waals surface area contributed by atoms with Gasteiger partial charge in [0.2, 0.25) is 0 Å². The molecule has 0 fully saturated rings. The molecule has 1 heteroatoms. The fourth-order valence-electron chi connectivity index (χ4n) is 9.40. The van der Waals surface area contributed by atoms with E-state index in [4.69, 9.17) is 0 Å². The summed E-state index contributed by atoms with van der Waals surface area (Å²) in [5.74, 6) is 0.315. The molecule has 0 nitrogen and oxygen atoms in total. The van der Waals surface area contributed by atoms with Crippen LogP contribution in [-0.4, -0.2) is 8.07 Å². The number of hydrogen-bond donors (Lipinski definition) is 0. The van der Waals surface area contributed by atoms with Crippen LogP contribution in [0.2, 0.25) is 0 Å². The normalized spacial score (nSPS) is 14.6. The molecule has 6 aromatic carbocycles. The van der Waals surface area contributed by atoms with Gasteiger partial charge in [0, 0.05) is 0 Å². The van der Waals surface area contributed by atoms with Crippen LogP contribution in [0.4, 0.5) is 0 Å². The van der Waals surface area contributed by atoms with Gasteiger partial charge in [0.1, 0.15) is 0 Å². The smallest absolute Gasteiger partial charge is 0.0636 e. The second-order valence-corrected chi connectivity index (χ2v) is 20.2. The van der Waals surface area contributed by atoms with Crippen LogP contribution < -0.4 is 15.6 Å². The number of allylic oxidation sites excluding steroid dienone is 4. The molecule has 6 aromatic rings. The zero-order valence-corrected chi connectivity index (χ0v) is 35.8. The summed E-state index contributed by atoms with van der Waals surface area (Å²) in [6.45, 7) is 23.7. The molecule has 0 aliphatic heterocycles. The average Bonchev–Trinajstić information content (AvgIpc) is 3.37. The molecule has 1 unspecified atom stereocenters. The molecule has 1 atom stereocenters. The minimum atomic E-state index is -3.12. The zero-order chi connectivity index (χ0) is 39.0. The lowest BCUT2D eigenvalue weighted by Crippen LogP contribution is -2.72. The molecule has 0 heterocycles. The quantitative estimate of drug-likeness (QED) is 0.0971. The Hall–Kier alpha value is -4.98. The SMILES string of the molecule is CC1=C(C)C(C)C([Si](c2cc(C)c(C)cc2Cc2ccccc2)(c2cc(C)c(C)cc2Cc2ccccc2)c2cc(C)c(C)cc2Cc2ccccc2)=C1C. The summed E-state index contributed by atoms with van der Waals surface area (Å²) in [6.07, 6.45) is 2.70. The lowest BCUT2D eigenvalue weighted by atomic mass is 9.99. The van der Waals surface area contributed by atoms with E-state index in [-0.39, 0.29) is 0 Å². The van der Waals surface area contributed by atoms with E-state index >= 15 is 0 Å². The van der Waals surface area contributed by atoms with Crippen LogP contribution in [0.25, 0.3) is 0 Å². The highest BCUT2D eigenvalue weighted by Crippen LogP contribution is 2.43. The highest BCUT2D eigenvalue weighted by atomic mass is 28.3. The van der Waals surface area contributed by atoms with Gasteiger partial charge in [0.15, 0.2) is 8.07 Å². The van der Waals surface area contributed by atoms with Gasteiger partial charge in [-0.2, -0.15) is 0 Å². The molecule has 0 saturated carbocycles. The van der Waals surface area contributed by atoms with Crippen molar-refractivity contribution < 1.29 is 0 Å². The molecular formula is C54H58Si. The number of aryl methyl sites for hydroxylation is 6. The number of rotatable bonds is 10. The molecule has 0 bridgehead atoms. The third-order valence-electron chi connectivity index (χ3n) is 13.1.